The summed E-state index contributed by atoms with van der Waals surface area (Å²) in [6.45, 7) is 11.4. The first-order chi connectivity index (χ1) is 59.6. The van der Waals surface area contributed by atoms with Crippen LogP contribution >= 0.6 is 7.82 Å². The first-order valence-electron chi connectivity index (χ1n) is 51.3. The average Bonchev–Trinajstić information content (AvgIpc) is 0.782. The Morgan fingerprint density at radius 3 is 1.04 bits per heavy atom. The zero-order valence-corrected chi connectivity index (χ0v) is 79.9. The van der Waals surface area contributed by atoms with Crippen molar-refractivity contribution >= 4 is 43.3 Å². The van der Waals surface area contributed by atoms with Gasteiger partial charge in [-0.25, -0.2) is 4.57 Å². The van der Waals surface area contributed by atoms with Crippen LogP contribution in [0.25, 0.3) is 0 Å². The molecular weight excluding hydrogens is 1580 g/mol. The van der Waals surface area contributed by atoms with Gasteiger partial charge in [0.2, 0.25) is 11.8 Å². The van der Waals surface area contributed by atoms with E-state index in [4.69, 9.17) is 32.9 Å². The molecule has 0 aromatic carbocycles. The van der Waals surface area contributed by atoms with Crippen LogP contribution in [0, 0.1) is 5.92 Å². The van der Waals surface area contributed by atoms with Gasteiger partial charge in [-0.1, -0.05) is 401 Å². The third-order valence-electron chi connectivity index (χ3n) is 25.1. The number of hydrogen-bond acceptors (Lipinski definition) is 19. The zero-order valence-electron chi connectivity index (χ0n) is 79.0. The molecule has 0 saturated carbocycles. The molecule has 0 radical (unpaired) electrons. The minimum absolute atomic E-state index is 0.119. The van der Waals surface area contributed by atoms with Gasteiger partial charge < -0.3 is 74.4 Å². The van der Waals surface area contributed by atoms with E-state index in [1.807, 2.05) is 0 Å². The molecule has 0 spiro atoms. The summed E-state index contributed by atoms with van der Waals surface area (Å²) in [7, 11) is -5.61. The van der Waals surface area contributed by atoms with E-state index >= 15 is 9.59 Å². The van der Waals surface area contributed by atoms with Crippen molar-refractivity contribution in [3.8, 4) is 0 Å². The lowest BCUT2D eigenvalue weighted by atomic mass is 9.82. The van der Waals surface area contributed by atoms with Crippen molar-refractivity contribution in [2.75, 3.05) is 13.2 Å². The summed E-state index contributed by atoms with van der Waals surface area (Å²) in [4.78, 5) is 107. The minimum atomic E-state index is -5.61. The normalized spacial score (nSPS) is 20.3. The fourth-order valence-electron chi connectivity index (χ4n) is 17.5. The van der Waals surface area contributed by atoms with Crippen molar-refractivity contribution in [3.05, 3.63) is 0 Å². The van der Waals surface area contributed by atoms with Gasteiger partial charge in [-0.05, 0) is 51.4 Å². The van der Waals surface area contributed by atoms with E-state index in [2.05, 4.69) is 52.2 Å². The number of rotatable bonds is 87. The van der Waals surface area contributed by atoms with Crippen molar-refractivity contribution in [3.63, 3.8) is 0 Å². The summed E-state index contributed by atoms with van der Waals surface area (Å²) in [5, 5.41) is 63.9. The molecule has 724 valence electrons. The number of amides is 2. The Balaban J connectivity index is 2.73. The van der Waals surface area contributed by atoms with Crippen LogP contribution in [0.1, 0.15) is 497 Å². The van der Waals surface area contributed by atoms with E-state index < -0.39 is 161 Å². The molecule has 4 unspecified atom stereocenters. The molecule has 2 heterocycles. The molecule has 0 bridgehead atoms. The van der Waals surface area contributed by atoms with Gasteiger partial charge >= 0.3 is 25.7 Å². The molecule has 9 N–H and O–H groups in total. The topological polar surface area (TPSA) is 350 Å². The Kier molecular flexibility index (Phi) is 74.1. The van der Waals surface area contributed by atoms with E-state index in [0.29, 0.717) is 57.8 Å². The van der Waals surface area contributed by atoms with Crippen LogP contribution in [0.4, 0.5) is 0 Å². The number of ether oxygens (including phenoxy) is 6. The Bertz CT molecular complexity index is 2590. The Labute approximate surface area is 747 Å². The number of phosphoric ester groups is 1. The molecule has 23 nitrogen and oxygen atoms in total. The highest BCUT2D eigenvalue weighted by molar-refractivity contribution is 7.46. The molecule has 2 aliphatic heterocycles. The number of ketones is 1. The molecule has 123 heavy (non-hydrogen) atoms. The number of carbonyl (C=O) groups is 6. The molecule has 2 amide bonds. The minimum Gasteiger partial charge on any atom is -0.462 e. The molecule has 2 rings (SSSR count). The maximum absolute atomic E-state index is 15.2. The van der Waals surface area contributed by atoms with E-state index in [0.717, 1.165) is 173 Å². The van der Waals surface area contributed by atoms with Gasteiger partial charge in [0.15, 0.2) is 18.7 Å². The Morgan fingerprint density at radius 1 is 0.366 bits per heavy atom. The van der Waals surface area contributed by atoms with Crippen LogP contribution in [0.15, 0.2) is 0 Å². The van der Waals surface area contributed by atoms with Crippen molar-refractivity contribution in [1.29, 1.82) is 0 Å². The lowest BCUT2D eigenvalue weighted by Gasteiger charge is -2.46. The maximum Gasteiger partial charge on any atom is 0.470 e. The highest BCUT2D eigenvalue weighted by Crippen LogP contribution is 2.43. The van der Waals surface area contributed by atoms with Crippen molar-refractivity contribution in [1.82, 2.24) is 10.6 Å². The number of esters is 3. The third kappa shape index (κ3) is 62.7. The van der Waals surface area contributed by atoms with Crippen LogP contribution in [0.3, 0.4) is 0 Å². The fraction of sp³-hybridized carbons (Fsp3) is 0.939. The molecule has 14 atom stereocenters. The van der Waals surface area contributed by atoms with Crippen LogP contribution < -0.4 is 10.6 Å². The standard InChI is InChI=1S/C99H187N2O21P/c1-7-13-19-25-31-37-40-46-52-58-64-70-84(118-91(109)72-66-60-54-48-42-39-33-27-21-15-9-3)77-92(110)121-97-94(101-89(107)76-83(69-63-57-51-45-36-30-24-18-12-6)117-90(108)71-65-59-53-47-41-38-32-26-20-14-8-2)99(120-86(78-102)96(97)122-123(113,114)115)116-79-87-95(111)85(74-82(105)73-80(103)67-61-55-49-43-34-28-22-16-10-4)93(98(112)119-87)100-88(106)75-81(104)68-62-56-50-44-35-29-23-17-11-5/h80-81,83-87,93-99,102-104,111-112H,7-79H2,1-6H3,(H,100,106)(H,101,107)(H2,113,114,115)/t80-,81-,83-,84-,85-,86?,87?,93?,94?,95+,96-,97-,98+,99-/m1/s1. The van der Waals surface area contributed by atoms with Gasteiger partial charge in [0.25, 0.3) is 0 Å². The summed E-state index contributed by atoms with van der Waals surface area (Å²) in [6, 6.07) is -3.22. The first kappa shape index (κ1) is 116. The SMILES string of the molecule is CCCCCCCCCCCCCC(=O)O[C@H](CCCCCCCCCCC)CC(=O)NC1[C@H](OCC2O[C@H](O)C(NC(=O)C[C@H](O)CCCCCCCCCCC)[C@@H](CC(=O)C[C@H](O)CCCCCCCCCCC)[C@@H]2O)OC(CO)[C@@H](OP(=O)(O)O)[C@@H]1OC(=O)C[C@@H](CCCCCCCCCCCCC)OC(=O)CCCCCCCCCCCCC. The zero-order chi connectivity index (χ0) is 90.0. The van der Waals surface area contributed by atoms with Gasteiger partial charge in [-0.2, -0.15) is 0 Å². The van der Waals surface area contributed by atoms with E-state index in [9.17, 15) is 59.1 Å². The summed E-state index contributed by atoms with van der Waals surface area (Å²) in [6.07, 6.45) is 46.5. The predicted molar refractivity (Wildman–Crippen MR) is 491 cm³/mol. The number of aliphatic hydroxyl groups excluding tert-OH is 5. The number of unbranched alkanes of at least 4 members (excludes halogenated alkanes) is 54. The number of carbonyl (C=O) groups excluding carboxylic acids is 6. The van der Waals surface area contributed by atoms with Crippen LogP contribution in [-0.4, -0.2) is 164 Å². The summed E-state index contributed by atoms with van der Waals surface area (Å²) in [5.41, 5.74) is 0. The molecule has 2 fully saturated rings. The largest absolute Gasteiger partial charge is 0.470 e. The maximum atomic E-state index is 15.2. The highest BCUT2D eigenvalue weighted by atomic mass is 31.2. The smallest absolute Gasteiger partial charge is 0.462 e. The van der Waals surface area contributed by atoms with Crippen LogP contribution in [0.2, 0.25) is 0 Å². The molecule has 2 saturated heterocycles. The van der Waals surface area contributed by atoms with Crippen molar-refractivity contribution < 1.29 is 102 Å². The lowest BCUT2D eigenvalue weighted by molar-refractivity contribution is -0.294. The second-order valence-electron chi connectivity index (χ2n) is 36.8. The fourth-order valence-corrected chi connectivity index (χ4v) is 18.1. The molecule has 2 aliphatic rings. The third-order valence-corrected chi connectivity index (χ3v) is 25.6. The van der Waals surface area contributed by atoms with Crippen molar-refractivity contribution in [2.24, 2.45) is 5.92 Å². The highest BCUT2D eigenvalue weighted by Gasteiger charge is 2.54. The average molecular weight is 1770 g/mol. The van der Waals surface area contributed by atoms with Gasteiger partial charge in [0.05, 0.1) is 56.8 Å². The second kappa shape index (κ2) is 78.6. The number of nitrogens with one attached hydrogen (secondary N) is 2. The van der Waals surface area contributed by atoms with Gasteiger partial charge in [-0.3, -0.25) is 33.3 Å². The van der Waals surface area contributed by atoms with Crippen molar-refractivity contribution in [2.45, 2.75) is 577 Å². The van der Waals surface area contributed by atoms with Crippen LogP contribution in [0.5, 0.6) is 0 Å². The molecule has 0 aliphatic carbocycles. The Morgan fingerprint density at radius 2 is 0.683 bits per heavy atom. The molecule has 0 aromatic rings. The first-order valence-corrected chi connectivity index (χ1v) is 52.8. The molecular formula is C99H187N2O21P. The Hall–Kier alpha value is -3.19. The van der Waals surface area contributed by atoms with E-state index in [-0.39, 0.29) is 32.1 Å². The van der Waals surface area contributed by atoms with E-state index in [1.54, 1.807) is 0 Å². The predicted octanol–water partition coefficient (Wildman–Crippen LogP) is 22.7. The quantitative estimate of drug-likeness (QED) is 0.0118. The van der Waals surface area contributed by atoms with Gasteiger partial charge in [0.1, 0.15) is 42.3 Å². The lowest BCUT2D eigenvalue weighted by Crippen LogP contribution is -2.67. The summed E-state index contributed by atoms with van der Waals surface area (Å²) < 4.78 is 56.3. The number of Topliss-reactive ketones (excluding diaryl/α,β-unsaturated/α-hetero) is 1. The number of aliphatic hydroxyl groups is 5. The van der Waals surface area contributed by atoms with E-state index in [1.165, 1.54) is 173 Å². The van der Waals surface area contributed by atoms with Gasteiger partial charge in [-0.15, -0.1) is 0 Å². The number of hydrogen-bond donors (Lipinski definition) is 9. The molecule has 24 heteroatoms. The molecule has 0 aromatic heterocycles. The van der Waals surface area contributed by atoms with Gasteiger partial charge in [0, 0.05) is 31.6 Å². The summed E-state index contributed by atoms with van der Waals surface area (Å²) >= 11 is 0. The summed E-state index contributed by atoms with van der Waals surface area (Å²) in [5.74, 6) is -5.20. The van der Waals surface area contributed by atoms with Crippen LogP contribution in [-0.2, 0) is 66.3 Å². The second-order valence-corrected chi connectivity index (χ2v) is 38.0. The monoisotopic (exact) mass is 1770 g/mol. The number of phosphoric acid groups is 1.